The van der Waals surface area contributed by atoms with Crippen LogP contribution in [0.5, 0.6) is 0 Å². The van der Waals surface area contributed by atoms with Crippen molar-refractivity contribution in [2.75, 3.05) is 6.61 Å². The molecule has 50 heavy (non-hydrogen) atoms. The van der Waals surface area contributed by atoms with Crippen molar-refractivity contribution in [2.24, 2.45) is 0 Å². The van der Waals surface area contributed by atoms with Gasteiger partial charge in [-0.25, -0.2) is 0 Å². The summed E-state index contributed by atoms with van der Waals surface area (Å²) in [5, 5.41) is 2.95. The van der Waals surface area contributed by atoms with E-state index >= 15 is 0 Å². The molecule has 5 atom stereocenters. The number of nitrogens with one attached hydrogen (secondary N) is 1. The maximum absolute atomic E-state index is 14.1. The Labute approximate surface area is 296 Å². The molecule has 0 aliphatic carbocycles. The molecule has 8 heteroatoms. The highest BCUT2D eigenvalue weighted by Crippen LogP contribution is 2.32. The van der Waals surface area contributed by atoms with Gasteiger partial charge in [-0.05, 0) is 43.0 Å². The van der Waals surface area contributed by atoms with Crippen LogP contribution in [0.3, 0.4) is 0 Å². The predicted molar refractivity (Wildman–Crippen MR) is 192 cm³/mol. The van der Waals surface area contributed by atoms with E-state index in [2.05, 4.69) is 5.32 Å². The minimum Gasteiger partial charge on any atom is -0.374 e. The molecule has 1 heterocycles. The molecule has 0 spiro atoms. The SMILES string of the molecule is CC(C)(C)NC(=O)CCC(=O)[C@H]1O[C@H](COCc2ccccc2)[C@@H](OCc2ccccc2)[C@H](OCc2ccccc2)[C@H]1OCc1ccccc1. The van der Waals surface area contributed by atoms with Crippen LogP contribution in [0.15, 0.2) is 121 Å². The highest BCUT2D eigenvalue weighted by atomic mass is 16.6. The largest absolute Gasteiger partial charge is 0.374 e. The Morgan fingerprint density at radius 3 is 1.46 bits per heavy atom. The Bertz CT molecular complexity index is 1580. The molecule has 0 saturated carbocycles. The number of benzene rings is 4. The van der Waals surface area contributed by atoms with Crippen LogP contribution in [-0.2, 0) is 59.7 Å². The first-order chi connectivity index (χ1) is 24.2. The van der Waals surface area contributed by atoms with Crippen molar-refractivity contribution in [2.45, 2.75) is 96.1 Å². The minimum atomic E-state index is -1.02. The number of carbonyl (C=O) groups excluding carboxylic acids is 2. The molecule has 264 valence electrons. The van der Waals surface area contributed by atoms with E-state index in [0.29, 0.717) is 13.2 Å². The zero-order chi connectivity index (χ0) is 35.2. The van der Waals surface area contributed by atoms with Crippen molar-refractivity contribution in [3.63, 3.8) is 0 Å². The van der Waals surface area contributed by atoms with Crippen molar-refractivity contribution >= 4 is 11.7 Å². The second-order valence-electron chi connectivity index (χ2n) is 13.6. The summed E-state index contributed by atoms with van der Waals surface area (Å²) in [6, 6.07) is 39.5. The summed E-state index contributed by atoms with van der Waals surface area (Å²) >= 11 is 0. The molecule has 4 aromatic rings. The first-order valence-electron chi connectivity index (χ1n) is 17.3. The molecule has 0 aromatic heterocycles. The Morgan fingerprint density at radius 2 is 1.00 bits per heavy atom. The van der Waals surface area contributed by atoms with Crippen molar-refractivity contribution in [3.8, 4) is 0 Å². The lowest BCUT2D eigenvalue weighted by atomic mass is 9.90. The van der Waals surface area contributed by atoms with E-state index in [0.717, 1.165) is 22.3 Å². The average molecular weight is 680 g/mol. The number of ketones is 1. The van der Waals surface area contributed by atoms with Gasteiger partial charge >= 0.3 is 0 Å². The van der Waals surface area contributed by atoms with Crippen molar-refractivity contribution < 1.29 is 33.3 Å². The summed E-state index contributed by atoms with van der Waals surface area (Å²) in [7, 11) is 0. The van der Waals surface area contributed by atoms with Crippen molar-refractivity contribution in [1.29, 1.82) is 0 Å². The predicted octanol–water partition coefficient (Wildman–Crippen LogP) is 6.99. The summed E-state index contributed by atoms with van der Waals surface area (Å²) < 4.78 is 32.9. The molecule has 1 aliphatic heterocycles. The molecule has 0 radical (unpaired) electrons. The number of rotatable bonds is 17. The smallest absolute Gasteiger partial charge is 0.220 e. The van der Waals surface area contributed by atoms with E-state index in [9.17, 15) is 9.59 Å². The van der Waals surface area contributed by atoms with Crippen LogP contribution in [0, 0.1) is 0 Å². The van der Waals surface area contributed by atoms with Crippen LogP contribution in [0.4, 0.5) is 0 Å². The normalized spacial score (nSPS) is 20.7. The summed E-state index contributed by atoms with van der Waals surface area (Å²) in [6.45, 7) is 7.05. The third-order valence-electron chi connectivity index (χ3n) is 8.31. The molecule has 1 amide bonds. The van der Waals surface area contributed by atoms with Gasteiger partial charge in [0.15, 0.2) is 5.78 Å². The molecular formula is C42H49NO7. The number of hydrogen-bond acceptors (Lipinski definition) is 7. The molecule has 4 aromatic carbocycles. The van der Waals surface area contributed by atoms with Crippen LogP contribution < -0.4 is 5.32 Å². The van der Waals surface area contributed by atoms with Crippen LogP contribution >= 0.6 is 0 Å². The molecule has 8 nitrogen and oxygen atoms in total. The molecular weight excluding hydrogens is 630 g/mol. The van der Waals surface area contributed by atoms with E-state index in [1.165, 1.54) is 0 Å². The maximum Gasteiger partial charge on any atom is 0.220 e. The monoisotopic (exact) mass is 679 g/mol. The Kier molecular flexibility index (Phi) is 13.9. The van der Waals surface area contributed by atoms with Crippen LogP contribution in [-0.4, -0.2) is 54.4 Å². The van der Waals surface area contributed by atoms with E-state index in [1.807, 2.05) is 142 Å². The number of amides is 1. The molecule has 0 unspecified atom stereocenters. The van der Waals surface area contributed by atoms with Gasteiger partial charge in [-0.15, -0.1) is 0 Å². The Morgan fingerprint density at radius 1 is 0.580 bits per heavy atom. The van der Waals surface area contributed by atoms with Gasteiger partial charge in [-0.1, -0.05) is 121 Å². The summed E-state index contributed by atoms with van der Waals surface area (Å²) in [4.78, 5) is 26.9. The van der Waals surface area contributed by atoms with Crippen LogP contribution in [0.25, 0.3) is 0 Å². The number of ether oxygens (including phenoxy) is 5. The second-order valence-corrected chi connectivity index (χ2v) is 13.6. The van der Waals surface area contributed by atoms with E-state index < -0.39 is 36.1 Å². The fourth-order valence-corrected chi connectivity index (χ4v) is 5.91. The van der Waals surface area contributed by atoms with E-state index in [-0.39, 0.29) is 44.4 Å². The lowest BCUT2D eigenvalue weighted by Gasteiger charge is -2.45. The quantitative estimate of drug-likeness (QED) is 0.129. The van der Waals surface area contributed by atoms with Gasteiger partial charge in [-0.3, -0.25) is 9.59 Å². The van der Waals surface area contributed by atoms with Crippen molar-refractivity contribution in [3.05, 3.63) is 144 Å². The third-order valence-corrected chi connectivity index (χ3v) is 8.31. The van der Waals surface area contributed by atoms with Gasteiger partial charge in [0.2, 0.25) is 5.91 Å². The maximum atomic E-state index is 14.1. The topological polar surface area (TPSA) is 92.3 Å². The number of hydrogen-bond donors (Lipinski definition) is 1. The molecule has 1 fully saturated rings. The van der Waals surface area contributed by atoms with E-state index in [4.69, 9.17) is 23.7 Å². The van der Waals surface area contributed by atoms with Crippen LogP contribution in [0.2, 0.25) is 0 Å². The van der Waals surface area contributed by atoms with Gasteiger partial charge in [-0.2, -0.15) is 0 Å². The summed E-state index contributed by atoms with van der Waals surface area (Å²) in [5.41, 5.74) is 3.51. The molecule has 1 aliphatic rings. The zero-order valence-corrected chi connectivity index (χ0v) is 29.2. The molecule has 1 saturated heterocycles. The van der Waals surface area contributed by atoms with Gasteiger partial charge in [0.05, 0.1) is 33.0 Å². The number of carbonyl (C=O) groups is 2. The first-order valence-corrected chi connectivity index (χ1v) is 17.3. The first kappa shape index (κ1) is 37.1. The highest BCUT2D eigenvalue weighted by molar-refractivity contribution is 5.88. The van der Waals surface area contributed by atoms with Gasteiger partial charge in [0.1, 0.15) is 30.5 Å². The fourth-order valence-electron chi connectivity index (χ4n) is 5.91. The zero-order valence-electron chi connectivity index (χ0n) is 29.2. The van der Waals surface area contributed by atoms with E-state index in [1.54, 1.807) is 0 Å². The summed E-state index contributed by atoms with van der Waals surface area (Å²) in [5.74, 6) is -0.442. The second kappa shape index (κ2) is 18.7. The number of Topliss-reactive ketones (excluding diaryl/α,β-unsaturated/α-hetero) is 1. The molecule has 5 rings (SSSR count). The minimum absolute atomic E-state index is 0.0175. The van der Waals surface area contributed by atoms with Gasteiger partial charge in [0.25, 0.3) is 0 Å². The van der Waals surface area contributed by atoms with Gasteiger partial charge < -0.3 is 29.0 Å². The third kappa shape index (κ3) is 11.7. The van der Waals surface area contributed by atoms with Gasteiger partial charge in [0, 0.05) is 18.4 Å². The average Bonchev–Trinajstić information content (AvgIpc) is 3.12. The Balaban J connectivity index is 1.45. The lowest BCUT2D eigenvalue weighted by Crippen LogP contribution is -2.63. The standard InChI is InChI=1S/C42H49NO7/c1-42(2,3)43-37(45)25-24-35(44)38-40(48-28-33-20-12-6-13-21-33)41(49-29-34-22-14-7-15-23-34)39(47-27-32-18-10-5-11-19-32)36(50-38)30-46-26-31-16-8-4-9-17-31/h4-23,36,38-41H,24-30H2,1-3H3,(H,43,45)/t36-,38-,39-,40+,41+/m1/s1. The van der Waals surface area contributed by atoms with Crippen LogP contribution in [0.1, 0.15) is 55.9 Å². The molecule has 1 N–H and O–H groups in total. The molecule has 0 bridgehead atoms. The van der Waals surface area contributed by atoms with Crippen molar-refractivity contribution in [1.82, 2.24) is 5.32 Å². The summed E-state index contributed by atoms with van der Waals surface area (Å²) in [6.07, 6.45) is -3.87. The Hall–Kier alpha value is -4.18. The highest BCUT2D eigenvalue weighted by Gasteiger charge is 2.50. The lowest BCUT2D eigenvalue weighted by molar-refractivity contribution is -0.267. The fraction of sp³-hybridized carbons (Fsp3) is 0.381.